The third-order valence-corrected chi connectivity index (χ3v) is 5.43. The lowest BCUT2D eigenvalue weighted by atomic mass is 10.0. The van der Waals surface area contributed by atoms with Gasteiger partial charge in [0.2, 0.25) is 5.91 Å². The molecule has 0 unspecified atom stereocenters. The minimum Gasteiger partial charge on any atom is -0.367 e. The van der Waals surface area contributed by atoms with Crippen LogP contribution in [-0.4, -0.2) is 57.1 Å². The van der Waals surface area contributed by atoms with Gasteiger partial charge in [0, 0.05) is 42.5 Å². The molecule has 7 nitrogen and oxygen atoms in total. The van der Waals surface area contributed by atoms with E-state index >= 15 is 0 Å². The zero-order chi connectivity index (χ0) is 18.3. The highest BCUT2D eigenvalue weighted by Crippen LogP contribution is 2.22. The smallest absolute Gasteiger partial charge is 0.234 e. The van der Waals surface area contributed by atoms with Gasteiger partial charge in [-0.15, -0.1) is 0 Å². The van der Waals surface area contributed by atoms with Gasteiger partial charge in [-0.25, -0.2) is 4.98 Å². The number of hydrogen-bond acceptors (Lipinski definition) is 5. The number of carbonyl (C=O) groups is 1. The Kier molecular flexibility index (Phi) is 4.56. The molecule has 7 heteroatoms. The van der Waals surface area contributed by atoms with Crippen LogP contribution in [0.1, 0.15) is 42.6 Å². The maximum Gasteiger partial charge on any atom is 0.234 e. The van der Waals surface area contributed by atoms with Gasteiger partial charge in [0.15, 0.2) is 5.65 Å². The van der Waals surface area contributed by atoms with Crippen molar-refractivity contribution < 1.29 is 4.79 Å². The Morgan fingerprint density at radius 1 is 1.15 bits per heavy atom. The number of aryl methyl sites for hydroxylation is 3. The molecule has 140 valence electrons. The molecule has 0 atom stereocenters. The van der Waals surface area contributed by atoms with Crippen molar-refractivity contribution in [1.82, 2.24) is 24.8 Å². The van der Waals surface area contributed by atoms with E-state index in [-0.39, 0.29) is 5.91 Å². The first kappa shape index (κ1) is 17.3. The number of nitrogens with zero attached hydrogens (tertiary/aromatic N) is 4. The normalized spacial score (nSPS) is 19.0. The Bertz CT molecular complexity index is 817. The van der Waals surface area contributed by atoms with E-state index in [2.05, 4.69) is 38.6 Å². The van der Waals surface area contributed by atoms with Crippen molar-refractivity contribution in [3.63, 3.8) is 0 Å². The van der Waals surface area contributed by atoms with Gasteiger partial charge in [0.1, 0.15) is 5.82 Å². The number of fused-ring (bicyclic) bond motifs is 1. The van der Waals surface area contributed by atoms with Crippen molar-refractivity contribution in [1.29, 1.82) is 0 Å². The number of piperidine rings is 1. The van der Waals surface area contributed by atoms with Crippen molar-refractivity contribution in [2.75, 3.05) is 25.0 Å². The Labute approximate surface area is 154 Å². The maximum absolute atomic E-state index is 12.0. The van der Waals surface area contributed by atoms with Gasteiger partial charge < -0.3 is 10.6 Å². The van der Waals surface area contributed by atoms with E-state index in [0.29, 0.717) is 18.6 Å². The molecule has 26 heavy (non-hydrogen) atoms. The van der Waals surface area contributed by atoms with Gasteiger partial charge in [-0.1, -0.05) is 0 Å². The first-order chi connectivity index (χ1) is 12.5. The molecule has 2 N–H and O–H groups in total. The molecule has 0 bridgehead atoms. The van der Waals surface area contributed by atoms with E-state index in [9.17, 15) is 4.79 Å². The Balaban J connectivity index is 1.37. The SMILES string of the molecule is Cc1cc(NC2CCN(CC(=O)NC3CC3)CC2)n2nc(C)c(C)c2n1. The standard InChI is InChI=1S/C19H28N6O/c1-12-10-17(25-19(20-12)13(2)14(3)23-25)21-16-6-8-24(9-7-16)11-18(26)22-15-4-5-15/h10,15-16,21H,4-9,11H2,1-3H3,(H,22,26). The molecule has 2 aliphatic rings. The van der Waals surface area contributed by atoms with E-state index in [1.807, 2.05) is 18.4 Å². The number of aromatic nitrogens is 3. The number of nitrogens with one attached hydrogen (secondary N) is 2. The Morgan fingerprint density at radius 3 is 2.58 bits per heavy atom. The number of amides is 1. The Hall–Kier alpha value is -2.15. The highest BCUT2D eigenvalue weighted by atomic mass is 16.2. The molecule has 1 amide bonds. The van der Waals surface area contributed by atoms with E-state index < -0.39 is 0 Å². The van der Waals surface area contributed by atoms with Gasteiger partial charge in [-0.2, -0.15) is 9.61 Å². The van der Waals surface area contributed by atoms with Gasteiger partial charge in [0.25, 0.3) is 0 Å². The largest absolute Gasteiger partial charge is 0.367 e. The number of hydrogen-bond donors (Lipinski definition) is 2. The van der Waals surface area contributed by atoms with Gasteiger partial charge in [0.05, 0.1) is 12.2 Å². The molecule has 2 fully saturated rings. The average Bonchev–Trinajstić information content (AvgIpc) is 3.36. The van der Waals surface area contributed by atoms with Gasteiger partial charge >= 0.3 is 0 Å². The molecule has 2 aromatic heterocycles. The predicted molar refractivity (Wildman–Crippen MR) is 101 cm³/mol. The quantitative estimate of drug-likeness (QED) is 0.855. The highest BCUT2D eigenvalue weighted by Gasteiger charge is 2.26. The van der Waals surface area contributed by atoms with E-state index in [1.54, 1.807) is 0 Å². The summed E-state index contributed by atoms with van der Waals surface area (Å²) in [5.41, 5.74) is 4.08. The fraction of sp³-hybridized carbons (Fsp3) is 0.632. The second-order valence-electron chi connectivity index (χ2n) is 7.77. The van der Waals surface area contributed by atoms with Crippen LogP contribution in [0.5, 0.6) is 0 Å². The fourth-order valence-corrected chi connectivity index (χ4v) is 3.60. The summed E-state index contributed by atoms with van der Waals surface area (Å²) < 4.78 is 1.92. The summed E-state index contributed by atoms with van der Waals surface area (Å²) in [4.78, 5) is 18.9. The van der Waals surface area contributed by atoms with Crippen LogP contribution in [0, 0.1) is 20.8 Å². The summed E-state index contributed by atoms with van der Waals surface area (Å²) in [6.07, 6.45) is 4.34. The molecule has 0 aromatic carbocycles. The molecule has 2 aromatic rings. The van der Waals surface area contributed by atoms with E-state index in [4.69, 9.17) is 0 Å². The molecular formula is C19H28N6O. The van der Waals surface area contributed by atoms with Gasteiger partial charge in [-0.05, 0) is 46.5 Å². The number of anilines is 1. The molecule has 4 rings (SSSR count). The third-order valence-electron chi connectivity index (χ3n) is 5.43. The van der Waals surface area contributed by atoms with Crippen LogP contribution in [0.2, 0.25) is 0 Å². The van der Waals surface area contributed by atoms with Gasteiger partial charge in [-0.3, -0.25) is 9.69 Å². The lowest BCUT2D eigenvalue weighted by Crippen LogP contribution is -2.44. The summed E-state index contributed by atoms with van der Waals surface area (Å²) in [7, 11) is 0. The van der Waals surface area contributed by atoms with Crippen LogP contribution >= 0.6 is 0 Å². The first-order valence-electron chi connectivity index (χ1n) is 9.61. The second kappa shape index (κ2) is 6.87. The summed E-state index contributed by atoms with van der Waals surface area (Å²) >= 11 is 0. The monoisotopic (exact) mass is 356 g/mol. The van der Waals surface area contributed by atoms with Crippen molar-refractivity contribution >= 4 is 17.4 Å². The Morgan fingerprint density at radius 2 is 1.88 bits per heavy atom. The van der Waals surface area contributed by atoms with Crippen LogP contribution < -0.4 is 10.6 Å². The van der Waals surface area contributed by atoms with E-state index in [0.717, 1.165) is 67.2 Å². The van der Waals surface area contributed by atoms with Crippen molar-refractivity contribution in [3.05, 3.63) is 23.0 Å². The summed E-state index contributed by atoms with van der Waals surface area (Å²) in [5.74, 6) is 1.18. The van der Waals surface area contributed by atoms with Crippen LogP contribution in [-0.2, 0) is 4.79 Å². The van der Waals surface area contributed by atoms with Crippen molar-refractivity contribution in [2.24, 2.45) is 0 Å². The molecule has 1 aliphatic heterocycles. The maximum atomic E-state index is 12.0. The topological polar surface area (TPSA) is 74.6 Å². The van der Waals surface area contributed by atoms with Crippen LogP contribution in [0.15, 0.2) is 6.07 Å². The molecule has 0 radical (unpaired) electrons. The molecule has 3 heterocycles. The minimum atomic E-state index is 0.174. The predicted octanol–water partition coefficient (Wildman–Crippen LogP) is 1.81. The number of likely N-dealkylation sites (tertiary alicyclic amines) is 1. The highest BCUT2D eigenvalue weighted by molar-refractivity contribution is 5.78. The second-order valence-corrected chi connectivity index (χ2v) is 7.77. The number of carbonyl (C=O) groups excluding carboxylic acids is 1. The molecule has 1 aliphatic carbocycles. The zero-order valence-corrected chi connectivity index (χ0v) is 15.9. The zero-order valence-electron chi connectivity index (χ0n) is 15.9. The molecular weight excluding hydrogens is 328 g/mol. The summed E-state index contributed by atoms with van der Waals surface area (Å²) in [6.45, 7) is 8.53. The van der Waals surface area contributed by atoms with Crippen molar-refractivity contribution in [2.45, 2.75) is 58.5 Å². The molecule has 0 spiro atoms. The van der Waals surface area contributed by atoms with Crippen LogP contribution in [0.4, 0.5) is 5.82 Å². The van der Waals surface area contributed by atoms with Crippen molar-refractivity contribution in [3.8, 4) is 0 Å². The van der Waals surface area contributed by atoms with Crippen LogP contribution in [0.25, 0.3) is 5.65 Å². The lowest BCUT2D eigenvalue weighted by Gasteiger charge is -2.32. The minimum absolute atomic E-state index is 0.174. The van der Waals surface area contributed by atoms with E-state index in [1.165, 1.54) is 0 Å². The first-order valence-corrected chi connectivity index (χ1v) is 9.61. The molecule has 1 saturated heterocycles. The average molecular weight is 356 g/mol. The van der Waals surface area contributed by atoms with Crippen LogP contribution in [0.3, 0.4) is 0 Å². The molecule has 1 saturated carbocycles. The lowest BCUT2D eigenvalue weighted by molar-refractivity contribution is -0.122. The summed E-state index contributed by atoms with van der Waals surface area (Å²) in [5, 5.41) is 11.4. The number of rotatable bonds is 5. The third kappa shape index (κ3) is 3.67. The summed E-state index contributed by atoms with van der Waals surface area (Å²) in [6, 6.07) is 2.90. The fourth-order valence-electron chi connectivity index (χ4n) is 3.60.